The molecule has 2 heterocycles. The van der Waals surface area contributed by atoms with Crippen molar-refractivity contribution in [3.63, 3.8) is 0 Å². The van der Waals surface area contributed by atoms with Gasteiger partial charge in [-0.05, 0) is 79.4 Å². The van der Waals surface area contributed by atoms with Crippen molar-refractivity contribution in [3.05, 3.63) is 99.8 Å². The molecule has 1 amide bonds. The first-order valence-corrected chi connectivity index (χ1v) is 16.3. The molecule has 0 atom stereocenters. The average molecular weight is 641 g/mol. The van der Waals surface area contributed by atoms with E-state index >= 15 is 0 Å². The highest BCUT2D eigenvalue weighted by molar-refractivity contribution is 9.10. The molecule has 1 aliphatic heterocycles. The second-order valence-corrected chi connectivity index (χ2v) is 13.5. The third-order valence-corrected chi connectivity index (χ3v) is 10.2. The summed E-state index contributed by atoms with van der Waals surface area (Å²) in [6.07, 6.45) is 2.79. The highest BCUT2D eigenvalue weighted by atomic mass is 79.9. The molecule has 0 saturated carbocycles. The molecule has 3 aromatic carbocycles. The molecule has 0 unspecified atom stereocenters. The third kappa shape index (κ3) is 6.65. The SMILES string of the molecule is Cc1cccc(-n2c(CNC(=O)c3ccc(S(=O)(=O)N4CCCCC4)cc3)nnc2SCc2ccc(Br)cc2)c1. The van der Waals surface area contributed by atoms with Gasteiger partial charge in [-0.15, -0.1) is 10.2 Å². The minimum absolute atomic E-state index is 0.159. The molecule has 4 aromatic rings. The summed E-state index contributed by atoms with van der Waals surface area (Å²) >= 11 is 5.05. The van der Waals surface area contributed by atoms with Gasteiger partial charge in [0.05, 0.1) is 11.4 Å². The second-order valence-electron chi connectivity index (χ2n) is 9.66. The number of benzene rings is 3. The first kappa shape index (κ1) is 28.5. The average Bonchev–Trinajstić information content (AvgIpc) is 3.39. The molecule has 40 heavy (non-hydrogen) atoms. The van der Waals surface area contributed by atoms with Crippen molar-refractivity contribution in [1.29, 1.82) is 0 Å². The largest absolute Gasteiger partial charge is 0.345 e. The lowest BCUT2D eigenvalue weighted by Crippen LogP contribution is -2.35. The van der Waals surface area contributed by atoms with Gasteiger partial charge in [0.25, 0.3) is 5.91 Å². The standard InChI is InChI=1S/C29H30BrN5O3S2/c1-21-6-5-7-25(18-21)35-27(32-33-29(35)39-20-22-8-12-24(30)13-9-22)19-31-28(36)23-10-14-26(15-11-23)40(37,38)34-16-3-2-4-17-34/h5-15,18H,2-4,16-17,19-20H2,1H3,(H,31,36). The summed E-state index contributed by atoms with van der Waals surface area (Å²) in [5.41, 5.74) is 3.56. The summed E-state index contributed by atoms with van der Waals surface area (Å²) in [5, 5.41) is 12.5. The molecule has 0 bridgehead atoms. The Kier molecular flexibility index (Phi) is 9.04. The number of aryl methyl sites for hydroxylation is 1. The summed E-state index contributed by atoms with van der Waals surface area (Å²) < 4.78 is 30.4. The molecule has 208 valence electrons. The lowest BCUT2D eigenvalue weighted by molar-refractivity contribution is 0.0949. The van der Waals surface area contributed by atoms with Gasteiger partial charge in [0, 0.05) is 34.6 Å². The number of carbonyl (C=O) groups is 1. The Morgan fingerprint density at radius 2 is 1.70 bits per heavy atom. The highest BCUT2D eigenvalue weighted by Crippen LogP contribution is 2.27. The fourth-order valence-electron chi connectivity index (χ4n) is 4.56. The van der Waals surface area contributed by atoms with Crippen molar-refractivity contribution in [3.8, 4) is 5.69 Å². The van der Waals surface area contributed by atoms with Gasteiger partial charge in [0.1, 0.15) is 0 Å². The third-order valence-electron chi connectivity index (χ3n) is 6.72. The molecule has 0 radical (unpaired) electrons. The van der Waals surface area contributed by atoms with Crippen molar-refractivity contribution >= 4 is 43.6 Å². The number of nitrogens with zero attached hydrogens (tertiary/aromatic N) is 4. The number of thioether (sulfide) groups is 1. The topological polar surface area (TPSA) is 97.2 Å². The van der Waals surface area contributed by atoms with E-state index in [1.807, 2.05) is 41.8 Å². The monoisotopic (exact) mass is 639 g/mol. The van der Waals surface area contributed by atoms with Crippen LogP contribution in [0.4, 0.5) is 0 Å². The van der Waals surface area contributed by atoms with Crippen LogP contribution in [-0.2, 0) is 22.3 Å². The Balaban J connectivity index is 1.31. The number of aromatic nitrogens is 3. The molecule has 1 saturated heterocycles. The van der Waals surface area contributed by atoms with E-state index in [4.69, 9.17) is 0 Å². The van der Waals surface area contributed by atoms with Gasteiger partial charge < -0.3 is 5.32 Å². The predicted octanol–water partition coefficient (Wildman–Crippen LogP) is 5.74. The predicted molar refractivity (Wildman–Crippen MR) is 160 cm³/mol. The highest BCUT2D eigenvalue weighted by Gasteiger charge is 2.26. The number of piperidine rings is 1. The Bertz CT molecular complexity index is 1580. The first-order valence-electron chi connectivity index (χ1n) is 13.1. The van der Waals surface area contributed by atoms with Crippen LogP contribution in [0.5, 0.6) is 0 Å². The summed E-state index contributed by atoms with van der Waals surface area (Å²) in [5.74, 6) is 1.00. The van der Waals surface area contributed by atoms with E-state index in [1.54, 1.807) is 23.9 Å². The molecule has 1 aromatic heterocycles. The summed E-state index contributed by atoms with van der Waals surface area (Å²) in [4.78, 5) is 13.2. The quantitative estimate of drug-likeness (QED) is 0.235. The van der Waals surface area contributed by atoms with Crippen LogP contribution in [0.3, 0.4) is 0 Å². The van der Waals surface area contributed by atoms with Crippen LogP contribution in [0.15, 0.2) is 87.3 Å². The van der Waals surface area contributed by atoms with E-state index in [1.165, 1.54) is 16.4 Å². The van der Waals surface area contributed by atoms with Crippen molar-refractivity contribution < 1.29 is 13.2 Å². The Labute approximate surface area is 247 Å². The lowest BCUT2D eigenvalue weighted by Gasteiger charge is -2.25. The molecular weight excluding hydrogens is 610 g/mol. The van der Waals surface area contributed by atoms with Gasteiger partial charge in [0.15, 0.2) is 11.0 Å². The maximum atomic E-state index is 13.0. The normalized spacial score (nSPS) is 14.2. The fourth-order valence-corrected chi connectivity index (χ4v) is 7.27. The van der Waals surface area contributed by atoms with Crippen molar-refractivity contribution in [2.75, 3.05) is 13.1 Å². The molecule has 1 aliphatic rings. The van der Waals surface area contributed by atoms with Crippen LogP contribution in [0.1, 0.15) is 46.6 Å². The Hall–Kier alpha value is -2.99. The molecule has 8 nitrogen and oxygen atoms in total. The van der Waals surface area contributed by atoms with Gasteiger partial charge in [-0.25, -0.2) is 8.42 Å². The van der Waals surface area contributed by atoms with Crippen LogP contribution in [0.2, 0.25) is 0 Å². The van der Waals surface area contributed by atoms with Gasteiger partial charge in [-0.1, -0.05) is 58.4 Å². The van der Waals surface area contributed by atoms with E-state index < -0.39 is 10.0 Å². The van der Waals surface area contributed by atoms with Crippen LogP contribution in [0.25, 0.3) is 5.69 Å². The molecule has 1 fully saturated rings. The molecule has 1 N–H and O–H groups in total. The van der Waals surface area contributed by atoms with Crippen LogP contribution < -0.4 is 5.32 Å². The minimum Gasteiger partial charge on any atom is -0.345 e. The molecular formula is C29H30BrN5O3S2. The van der Waals surface area contributed by atoms with E-state index in [2.05, 4.69) is 49.6 Å². The lowest BCUT2D eigenvalue weighted by atomic mass is 10.2. The van der Waals surface area contributed by atoms with Gasteiger partial charge in [-0.3, -0.25) is 9.36 Å². The number of hydrogen-bond donors (Lipinski definition) is 1. The number of nitrogens with one attached hydrogen (secondary N) is 1. The zero-order valence-corrected chi connectivity index (χ0v) is 25.3. The van der Waals surface area contributed by atoms with E-state index in [0.717, 1.165) is 51.5 Å². The number of carbonyl (C=O) groups excluding carboxylic acids is 1. The Morgan fingerprint density at radius 1 is 0.975 bits per heavy atom. The number of sulfonamides is 1. The fraction of sp³-hybridized carbons (Fsp3) is 0.276. The van der Waals surface area contributed by atoms with Crippen molar-refractivity contribution in [2.45, 2.75) is 48.5 Å². The minimum atomic E-state index is -3.55. The molecule has 11 heteroatoms. The van der Waals surface area contributed by atoms with Crippen LogP contribution in [-0.4, -0.2) is 46.5 Å². The maximum Gasteiger partial charge on any atom is 0.251 e. The smallest absolute Gasteiger partial charge is 0.251 e. The zero-order valence-electron chi connectivity index (χ0n) is 22.1. The molecule has 0 aliphatic carbocycles. The molecule has 5 rings (SSSR count). The summed E-state index contributed by atoms with van der Waals surface area (Å²) in [6, 6.07) is 22.3. The number of rotatable bonds is 9. The van der Waals surface area contributed by atoms with Gasteiger partial charge in [-0.2, -0.15) is 4.31 Å². The second kappa shape index (κ2) is 12.7. The number of halogens is 1. The van der Waals surface area contributed by atoms with E-state index in [-0.39, 0.29) is 17.3 Å². The van der Waals surface area contributed by atoms with Crippen molar-refractivity contribution in [2.24, 2.45) is 0 Å². The summed E-state index contributed by atoms with van der Waals surface area (Å²) in [7, 11) is -3.55. The number of hydrogen-bond acceptors (Lipinski definition) is 6. The molecule has 0 spiro atoms. The number of amides is 1. The van der Waals surface area contributed by atoms with E-state index in [9.17, 15) is 13.2 Å². The van der Waals surface area contributed by atoms with Gasteiger partial charge in [0.2, 0.25) is 10.0 Å². The zero-order chi connectivity index (χ0) is 28.1. The Morgan fingerprint density at radius 3 is 2.40 bits per heavy atom. The summed E-state index contributed by atoms with van der Waals surface area (Å²) in [6.45, 7) is 3.26. The van der Waals surface area contributed by atoms with E-state index in [0.29, 0.717) is 24.5 Å². The van der Waals surface area contributed by atoms with Gasteiger partial charge >= 0.3 is 0 Å². The van der Waals surface area contributed by atoms with Crippen molar-refractivity contribution in [1.82, 2.24) is 24.4 Å². The first-order chi connectivity index (χ1) is 19.3. The van der Waals surface area contributed by atoms with Crippen LogP contribution >= 0.6 is 27.7 Å². The maximum absolute atomic E-state index is 13.0. The van der Waals surface area contributed by atoms with Crippen LogP contribution in [0, 0.1) is 6.92 Å².